The number of amides is 1. The molecule has 4 aromatic rings. The van der Waals surface area contributed by atoms with Crippen molar-refractivity contribution in [2.75, 3.05) is 15.5 Å². The van der Waals surface area contributed by atoms with E-state index in [1.54, 1.807) is 19.1 Å². The quantitative estimate of drug-likeness (QED) is 0.200. The van der Waals surface area contributed by atoms with E-state index in [-0.39, 0.29) is 16.9 Å². The highest BCUT2D eigenvalue weighted by Gasteiger charge is 2.41. The molecule has 1 amide bonds. The molecule has 0 saturated carbocycles. The molecule has 1 atom stereocenters. The van der Waals surface area contributed by atoms with Crippen LogP contribution in [0.1, 0.15) is 59.8 Å². The smallest absolute Gasteiger partial charge is 0.418 e. The summed E-state index contributed by atoms with van der Waals surface area (Å²) in [6.07, 6.45) is -4.82. The second-order valence-electron chi connectivity index (χ2n) is 10.9. The van der Waals surface area contributed by atoms with Crippen LogP contribution in [-0.4, -0.2) is 5.91 Å². The number of nitrogens with one attached hydrogen (secondary N) is 2. The summed E-state index contributed by atoms with van der Waals surface area (Å²) in [6, 6.07) is 7.53. The topological polar surface area (TPSA) is 91.6 Å². The fourth-order valence-electron chi connectivity index (χ4n) is 4.92. The maximum Gasteiger partial charge on any atom is 0.418 e. The van der Waals surface area contributed by atoms with Crippen molar-refractivity contribution in [2.45, 2.75) is 46.5 Å². The van der Waals surface area contributed by atoms with Gasteiger partial charge in [-0.3, -0.25) is 14.4 Å². The van der Waals surface area contributed by atoms with Gasteiger partial charge < -0.3 is 20.0 Å². The SMILES string of the molecule is Cc1ccc([C@H](Nc2c(Nc3c(F)cc(F)c4c3C(=O)N(c3ccccc3C(F)(F)F)C4)c(=O)c2=O)C(C)(C)C)o1. The van der Waals surface area contributed by atoms with E-state index in [0.717, 1.165) is 18.2 Å². The zero-order valence-corrected chi connectivity index (χ0v) is 22.3. The van der Waals surface area contributed by atoms with Crippen LogP contribution in [-0.2, 0) is 12.7 Å². The third-order valence-corrected chi connectivity index (χ3v) is 6.97. The Morgan fingerprint density at radius 1 is 0.902 bits per heavy atom. The Hall–Kier alpha value is -4.48. The van der Waals surface area contributed by atoms with E-state index in [1.807, 2.05) is 20.8 Å². The molecule has 1 aliphatic heterocycles. The molecule has 0 saturated heterocycles. The molecule has 1 aromatic heterocycles. The van der Waals surface area contributed by atoms with E-state index in [0.29, 0.717) is 22.5 Å². The normalized spacial score (nSPS) is 14.5. The number of aryl methyl sites for hydroxylation is 1. The van der Waals surface area contributed by atoms with Gasteiger partial charge in [-0.05, 0) is 36.6 Å². The number of alkyl halides is 3. The Morgan fingerprint density at radius 2 is 1.56 bits per heavy atom. The highest BCUT2D eigenvalue weighted by molar-refractivity contribution is 6.14. The highest BCUT2D eigenvalue weighted by Crippen LogP contribution is 2.43. The molecular formula is C29H24F5N3O4. The lowest BCUT2D eigenvalue weighted by Gasteiger charge is -2.31. The molecule has 2 N–H and O–H groups in total. The molecule has 3 aromatic carbocycles. The van der Waals surface area contributed by atoms with Crippen molar-refractivity contribution in [3.05, 3.63) is 103 Å². The first kappa shape index (κ1) is 28.1. The summed E-state index contributed by atoms with van der Waals surface area (Å²) in [6.45, 7) is 6.71. The monoisotopic (exact) mass is 573 g/mol. The van der Waals surface area contributed by atoms with Crippen LogP contribution in [0.25, 0.3) is 0 Å². The van der Waals surface area contributed by atoms with Gasteiger partial charge in [0, 0.05) is 11.6 Å². The number of hydrogen-bond donors (Lipinski definition) is 2. The predicted molar refractivity (Wildman–Crippen MR) is 142 cm³/mol. The number of para-hydroxylation sites is 1. The average Bonchev–Trinajstić information content (AvgIpc) is 3.47. The van der Waals surface area contributed by atoms with E-state index in [2.05, 4.69) is 10.6 Å². The van der Waals surface area contributed by atoms with Crippen molar-refractivity contribution in [3.8, 4) is 0 Å². The third-order valence-electron chi connectivity index (χ3n) is 6.97. The Labute approximate surface area is 230 Å². The molecule has 12 heteroatoms. The molecule has 0 aliphatic carbocycles. The van der Waals surface area contributed by atoms with Crippen LogP contribution in [0, 0.1) is 24.0 Å². The molecule has 0 spiro atoms. The summed E-state index contributed by atoms with van der Waals surface area (Å²) in [4.78, 5) is 39.3. The molecule has 41 heavy (non-hydrogen) atoms. The fraction of sp³-hybridized carbons (Fsp3) is 0.276. The van der Waals surface area contributed by atoms with Gasteiger partial charge in [0.1, 0.15) is 34.5 Å². The first-order valence-corrected chi connectivity index (χ1v) is 12.5. The molecule has 214 valence electrons. The van der Waals surface area contributed by atoms with Crippen molar-refractivity contribution in [1.82, 2.24) is 0 Å². The van der Waals surface area contributed by atoms with Gasteiger partial charge >= 0.3 is 6.18 Å². The van der Waals surface area contributed by atoms with Gasteiger partial charge in [0.25, 0.3) is 16.8 Å². The second-order valence-corrected chi connectivity index (χ2v) is 10.9. The maximum absolute atomic E-state index is 15.2. The van der Waals surface area contributed by atoms with E-state index in [4.69, 9.17) is 4.42 Å². The van der Waals surface area contributed by atoms with Crippen LogP contribution >= 0.6 is 0 Å². The highest BCUT2D eigenvalue weighted by atomic mass is 19.4. The number of fused-ring (bicyclic) bond motifs is 1. The van der Waals surface area contributed by atoms with E-state index in [9.17, 15) is 31.9 Å². The van der Waals surface area contributed by atoms with Crippen molar-refractivity contribution >= 4 is 28.7 Å². The molecule has 0 unspecified atom stereocenters. The first-order chi connectivity index (χ1) is 19.1. The average molecular weight is 574 g/mol. The Bertz CT molecular complexity index is 1760. The van der Waals surface area contributed by atoms with Crippen LogP contribution in [0.4, 0.5) is 44.7 Å². The Morgan fingerprint density at radius 3 is 2.17 bits per heavy atom. The second kappa shape index (κ2) is 9.57. The van der Waals surface area contributed by atoms with Gasteiger partial charge in [0.15, 0.2) is 0 Å². The summed E-state index contributed by atoms with van der Waals surface area (Å²) in [7, 11) is 0. The minimum Gasteiger partial charge on any atom is -0.464 e. The lowest BCUT2D eigenvalue weighted by molar-refractivity contribution is -0.137. The van der Waals surface area contributed by atoms with Crippen molar-refractivity contribution in [2.24, 2.45) is 5.41 Å². The van der Waals surface area contributed by atoms with Gasteiger partial charge in [-0.2, -0.15) is 13.2 Å². The molecule has 5 rings (SSSR count). The molecule has 2 heterocycles. The van der Waals surface area contributed by atoms with Gasteiger partial charge in [-0.15, -0.1) is 0 Å². The van der Waals surface area contributed by atoms with Crippen LogP contribution in [0.5, 0.6) is 0 Å². The fourth-order valence-corrected chi connectivity index (χ4v) is 4.92. The number of anilines is 4. The summed E-state index contributed by atoms with van der Waals surface area (Å²) >= 11 is 0. The van der Waals surface area contributed by atoms with Crippen molar-refractivity contribution < 1.29 is 31.2 Å². The standard InChI is InChI=1S/C29H24F5N3O4/c1-13-9-10-19(41-13)26(28(2,3)4)36-23-22(24(38)25(23)39)35-21-17(31)11-16(30)14-12-37(27(40)20(14)21)18-8-6-5-7-15(18)29(32,33)34/h5-11,26,35-36H,12H2,1-4H3/t26-/m0/s1. The number of halogens is 5. The van der Waals surface area contributed by atoms with E-state index >= 15 is 4.39 Å². The molecular weight excluding hydrogens is 549 g/mol. The first-order valence-electron chi connectivity index (χ1n) is 12.5. The minimum absolute atomic E-state index is 0.203. The van der Waals surface area contributed by atoms with Crippen molar-refractivity contribution in [3.63, 3.8) is 0 Å². The molecule has 0 bridgehead atoms. The Balaban J connectivity index is 1.55. The lowest BCUT2D eigenvalue weighted by Crippen LogP contribution is -2.39. The number of nitrogens with zero attached hydrogens (tertiary/aromatic N) is 1. The number of hydrogen-bond acceptors (Lipinski definition) is 6. The minimum atomic E-state index is -4.82. The van der Waals surface area contributed by atoms with Gasteiger partial charge in [-0.25, -0.2) is 8.78 Å². The summed E-state index contributed by atoms with van der Waals surface area (Å²) in [5.74, 6) is -2.44. The van der Waals surface area contributed by atoms with Gasteiger partial charge in [0.05, 0.1) is 35.1 Å². The number of carbonyl (C=O) groups excluding carboxylic acids is 1. The summed E-state index contributed by atoms with van der Waals surface area (Å²) < 4.78 is 76.7. The van der Waals surface area contributed by atoms with Gasteiger partial charge in [-0.1, -0.05) is 32.9 Å². The molecule has 1 aliphatic rings. The van der Waals surface area contributed by atoms with E-state index in [1.165, 1.54) is 6.07 Å². The number of furan rings is 1. The number of benzene rings is 2. The van der Waals surface area contributed by atoms with E-state index < -0.39 is 75.1 Å². The zero-order valence-electron chi connectivity index (χ0n) is 22.3. The summed E-state index contributed by atoms with van der Waals surface area (Å²) in [5, 5.41) is 5.45. The zero-order chi connectivity index (χ0) is 30.0. The lowest BCUT2D eigenvalue weighted by atomic mass is 9.85. The Kier molecular flexibility index (Phi) is 6.55. The van der Waals surface area contributed by atoms with Crippen LogP contribution in [0.3, 0.4) is 0 Å². The molecule has 0 fully saturated rings. The largest absolute Gasteiger partial charge is 0.464 e. The van der Waals surface area contributed by atoms with Crippen molar-refractivity contribution in [1.29, 1.82) is 0 Å². The molecule has 0 radical (unpaired) electrons. The number of rotatable bonds is 6. The van der Waals surface area contributed by atoms with Crippen LogP contribution in [0.15, 0.2) is 56.5 Å². The molecule has 7 nitrogen and oxygen atoms in total. The third kappa shape index (κ3) is 4.76. The maximum atomic E-state index is 15.2. The van der Waals surface area contributed by atoms with Gasteiger partial charge in [0.2, 0.25) is 0 Å². The van der Waals surface area contributed by atoms with Crippen LogP contribution < -0.4 is 26.4 Å². The number of carbonyl (C=O) groups is 1. The summed E-state index contributed by atoms with van der Waals surface area (Å²) in [5.41, 5.74) is -6.27. The predicted octanol–water partition coefficient (Wildman–Crippen LogP) is 6.58. The van der Waals surface area contributed by atoms with Crippen LogP contribution in [0.2, 0.25) is 0 Å².